The number of nitrogens with one attached hydrogen (secondary N) is 2. The minimum atomic E-state index is 0.435. The van der Waals surface area contributed by atoms with Crippen molar-refractivity contribution in [2.24, 2.45) is 0 Å². The van der Waals surface area contributed by atoms with E-state index in [2.05, 4.69) is 33.7 Å². The van der Waals surface area contributed by atoms with Crippen molar-refractivity contribution in [2.45, 2.75) is 32.2 Å². The summed E-state index contributed by atoms with van der Waals surface area (Å²) in [6.45, 7) is 4.17. The third kappa shape index (κ3) is 2.31. The Hall–Kier alpha value is -1.62. The molecule has 3 rings (SSSR count). The predicted molar refractivity (Wildman–Crippen MR) is 71.9 cm³/mol. The van der Waals surface area contributed by atoms with E-state index >= 15 is 0 Å². The molecule has 5 nitrogen and oxygen atoms in total. The highest BCUT2D eigenvalue weighted by atomic mass is 15.3. The number of pyridine rings is 1. The maximum absolute atomic E-state index is 4.55. The number of anilines is 1. The largest absolute Gasteiger partial charge is 0.349 e. The molecule has 0 aliphatic carbocycles. The molecule has 0 amide bonds. The normalized spacial score (nSPS) is 20.8. The van der Waals surface area contributed by atoms with Gasteiger partial charge in [0.25, 0.3) is 0 Å². The summed E-state index contributed by atoms with van der Waals surface area (Å²) in [6.07, 6.45) is 5.64. The summed E-state index contributed by atoms with van der Waals surface area (Å²) in [4.78, 5) is 4.55. The molecule has 1 aliphatic rings. The van der Waals surface area contributed by atoms with Crippen molar-refractivity contribution < 1.29 is 0 Å². The molecule has 2 aromatic heterocycles. The average molecular weight is 245 g/mol. The molecule has 1 fully saturated rings. The summed E-state index contributed by atoms with van der Waals surface area (Å²) >= 11 is 0. The van der Waals surface area contributed by atoms with Crippen molar-refractivity contribution in [2.75, 3.05) is 18.4 Å². The molecule has 0 radical (unpaired) electrons. The minimum absolute atomic E-state index is 0.435. The molecule has 1 saturated heterocycles. The molecule has 96 valence electrons. The van der Waals surface area contributed by atoms with Crippen molar-refractivity contribution in [1.82, 2.24) is 19.9 Å². The highest BCUT2D eigenvalue weighted by Gasteiger charge is 2.14. The van der Waals surface area contributed by atoms with E-state index in [4.69, 9.17) is 0 Å². The first-order valence-electron chi connectivity index (χ1n) is 6.62. The summed E-state index contributed by atoms with van der Waals surface area (Å²) in [5.41, 5.74) is 2.08. The van der Waals surface area contributed by atoms with E-state index in [1.165, 1.54) is 19.3 Å². The van der Waals surface area contributed by atoms with Crippen LogP contribution in [0.4, 0.5) is 5.95 Å². The van der Waals surface area contributed by atoms with Gasteiger partial charge in [0.15, 0.2) is 5.65 Å². The second-order valence-electron chi connectivity index (χ2n) is 4.94. The molecule has 2 N–H and O–H groups in total. The fourth-order valence-electron chi connectivity index (χ4n) is 2.43. The van der Waals surface area contributed by atoms with E-state index in [-0.39, 0.29) is 0 Å². The predicted octanol–water partition coefficient (Wildman–Crippen LogP) is 1.59. The number of fused-ring (bicyclic) bond motifs is 1. The van der Waals surface area contributed by atoms with Crippen LogP contribution in [0.2, 0.25) is 0 Å². The molecule has 1 aliphatic heterocycles. The second kappa shape index (κ2) is 4.94. The Labute approximate surface area is 107 Å². The maximum atomic E-state index is 4.55. The molecule has 1 atom stereocenters. The monoisotopic (exact) mass is 245 g/mol. The molecule has 3 heterocycles. The van der Waals surface area contributed by atoms with Gasteiger partial charge >= 0.3 is 0 Å². The fraction of sp³-hybridized carbons (Fsp3) is 0.538. The first-order valence-corrected chi connectivity index (χ1v) is 6.62. The van der Waals surface area contributed by atoms with Gasteiger partial charge in [-0.1, -0.05) is 12.5 Å². The van der Waals surface area contributed by atoms with Crippen molar-refractivity contribution in [3.05, 3.63) is 23.9 Å². The van der Waals surface area contributed by atoms with Gasteiger partial charge in [0, 0.05) is 18.8 Å². The van der Waals surface area contributed by atoms with Gasteiger partial charge in [-0.25, -0.2) is 4.52 Å². The Balaban J connectivity index is 1.79. The molecule has 2 aromatic rings. The SMILES string of the molecule is Cc1cccn2nc(NC3CCCCNC3)nc12. The molecule has 18 heavy (non-hydrogen) atoms. The van der Waals surface area contributed by atoms with Crippen LogP contribution in [0, 0.1) is 6.92 Å². The number of aryl methyl sites for hydroxylation is 1. The van der Waals surface area contributed by atoms with Crippen LogP contribution in [0.3, 0.4) is 0 Å². The zero-order chi connectivity index (χ0) is 12.4. The van der Waals surface area contributed by atoms with E-state index in [1.807, 2.05) is 16.8 Å². The lowest BCUT2D eigenvalue weighted by Gasteiger charge is -2.14. The molecule has 0 aromatic carbocycles. The van der Waals surface area contributed by atoms with Crippen LogP contribution in [-0.4, -0.2) is 33.7 Å². The number of rotatable bonds is 2. The zero-order valence-corrected chi connectivity index (χ0v) is 10.7. The lowest BCUT2D eigenvalue weighted by Crippen LogP contribution is -2.31. The van der Waals surface area contributed by atoms with Crippen LogP contribution in [0.15, 0.2) is 18.3 Å². The minimum Gasteiger partial charge on any atom is -0.349 e. The Morgan fingerprint density at radius 3 is 3.28 bits per heavy atom. The van der Waals surface area contributed by atoms with Gasteiger partial charge in [-0.3, -0.25) is 0 Å². The van der Waals surface area contributed by atoms with Crippen LogP contribution >= 0.6 is 0 Å². The molecule has 0 saturated carbocycles. The summed E-state index contributed by atoms with van der Waals surface area (Å²) in [5, 5.41) is 11.3. The molecule has 0 bridgehead atoms. The van der Waals surface area contributed by atoms with Crippen LogP contribution in [0.1, 0.15) is 24.8 Å². The molecule has 5 heteroatoms. The van der Waals surface area contributed by atoms with Crippen molar-refractivity contribution in [3.8, 4) is 0 Å². The van der Waals surface area contributed by atoms with E-state index in [0.29, 0.717) is 6.04 Å². The zero-order valence-electron chi connectivity index (χ0n) is 10.7. The van der Waals surface area contributed by atoms with Crippen molar-refractivity contribution >= 4 is 11.6 Å². The third-order valence-corrected chi connectivity index (χ3v) is 3.44. The Morgan fingerprint density at radius 1 is 1.44 bits per heavy atom. The maximum Gasteiger partial charge on any atom is 0.243 e. The van der Waals surface area contributed by atoms with Crippen molar-refractivity contribution in [1.29, 1.82) is 0 Å². The number of aromatic nitrogens is 3. The van der Waals surface area contributed by atoms with Gasteiger partial charge < -0.3 is 10.6 Å². The number of nitrogens with zero attached hydrogens (tertiary/aromatic N) is 3. The summed E-state index contributed by atoms with van der Waals surface area (Å²) in [6, 6.07) is 4.49. The van der Waals surface area contributed by atoms with Crippen LogP contribution in [-0.2, 0) is 0 Å². The molecular weight excluding hydrogens is 226 g/mol. The number of hydrogen-bond donors (Lipinski definition) is 2. The van der Waals surface area contributed by atoms with Crippen LogP contribution in [0.25, 0.3) is 5.65 Å². The van der Waals surface area contributed by atoms with Gasteiger partial charge in [-0.05, 0) is 37.9 Å². The van der Waals surface area contributed by atoms with Gasteiger partial charge in [0.2, 0.25) is 5.95 Å². The summed E-state index contributed by atoms with van der Waals surface area (Å²) < 4.78 is 1.84. The highest BCUT2D eigenvalue weighted by Crippen LogP contribution is 2.13. The van der Waals surface area contributed by atoms with Gasteiger partial charge in [0.05, 0.1) is 0 Å². The number of hydrogen-bond acceptors (Lipinski definition) is 4. The molecular formula is C13H19N5. The summed E-state index contributed by atoms with van der Waals surface area (Å²) in [7, 11) is 0. The van der Waals surface area contributed by atoms with Crippen molar-refractivity contribution in [3.63, 3.8) is 0 Å². The van der Waals surface area contributed by atoms with E-state index in [9.17, 15) is 0 Å². The lowest BCUT2D eigenvalue weighted by molar-refractivity contribution is 0.631. The molecule has 1 unspecified atom stereocenters. The quantitative estimate of drug-likeness (QED) is 0.843. The van der Waals surface area contributed by atoms with Gasteiger partial charge in [-0.15, -0.1) is 5.10 Å². The Morgan fingerprint density at radius 2 is 2.39 bits per heavy atom. The molecule has 0 spiro atoms. The standard InChI is InChI=1S/C13H19N5/c1-10-5-4-8-18-12(10)16-13(17-18)15-11-6-2-3-7-14-9-11/h4-5,8,11,14H,2-3,6-7,9H2,1H3,(H,15,17). The van der Waals surface area contributed by atoms with Crippen LogP contribution < -0.4 is 10.6 Å². The first kappa shape index (κ1) is 11.5. The fourth-order valence-corrected chi connectivity index (χ4v) is 2.43. The van der Waals surface area contributed by atoms with Crippen LogP contribution in [0.5, 0.6) is 0 Å². The second-order valence-corrected chi connectivity index (χ2v) is 4.94. The van der Waals surface area contributed by atoms with E-state index in [1.54, 1.807) is 0 Å². The topological polar surface area (TPSA) is 54.2 Å². The Kier molecular flexibility index (Phi) is 3.15. The Bertz CT molecular complexity index is 525. The average Bonchev–Trinajstić information content (AvgIpc) is 2.60. The van der Waals surface area contributed by atoms with Gasteiger partial charge in [0.1, 0.15) is 0 Å². The third-order valence-electron chi connectivity index (χ3n) is 3.44. The van der Waals surface area contributed by atoms with E-state index < -0.39 is 0 Å². The highest BCUT2D eigenvalue weighted by molar-refractivity contribution is 5.49. The first-order chi connectivity index (χ1) is 8.83. The van der Waals surface area contributed by atoms with Gasteiger partial charge in [-0.2, -0.15) is 4.98 Å². The van der Waals surface area contributed by atoms with E-state index in [0.717, 1.165) is 30.2 Å². The lowest BCUT2D eigenvalue weighted by atomic mass is 10.1. The summed E-state index contributed by atoms with van der Waals surface area (Å²) in [5.74, 6) is 0.734. The smallest absolute Gasteiger partial charge is 0.243 e.